The largest absolute Gasteiger partial charge is 0.387 e. The van der Waals surface area contributed by atoms with E-state index in [9.17, 15) is 9.50 Å². The highest BCUT2D eigenvalue weighted by Crippen LogP contribution is 2.59. The molecule has 1 aromatic heterocycles. The smallest absolute Gasteiger partial charge is 0.133 e. The van der Waals surface area contributed by atoms with Gasteiger partial charge in [0.2, 0.25) is 0 Å². The molecule has 1 aliphatic heterocycles. The van der Waals surface area contributed by atoms with Crippen LogP contribution in [0.2, 0.25) is 0 Å². The topological polar surface area (TPSA) is 60.9 Å². The maximum absolute atomic E-state index is 15.0. The average Bonchev–Trinajstić information content (AvgIpc) is 3.01. The van der Waals surface area contributed by atoms with Crippen LogP contribution in [0.1, 0.15) is 57.0 Å². The molecule has 0 spiro atoms. The molecule has 2 atom stereocenters. The normalized spacial score (nSPS) is 29.9. The molecule has 0 amide bonds. The number of anilines is 1. The molecule has 25 heavy (non-hydrogen) atoms. The van der Waals surface area contributed by atoms with Crippen molar-refractivity contribution in [3.05, 3.63) is 34.9 Å². The van der Waals surface area contributed by atoms with Gasteiger partial charge in [0.25, 0.3) is 0 Å². The number of H-pyrrole nitrogens is 1. The summed E-state index contributed by atoms with van der Waals surface area (Å²) in [5.74, 6) is -0.262. The number of hydrogen-bond donors (Lipinski definition) is 3. The molecular formula is C20H26FN3O. The van der Waals surface area contributed by atoms with Gasteiger partial charge in [0.15, 0.2) is 0 Å². The number of hydrogen-bond acceptors (Lipinski definition) is 3. The number of aromatic nitrogens is 2. The lowest BCUT2D eigenvalue weighted by molar-refractivity contribution is -0.0628. The number of fused-ring (bicyclic) bond motifs is 3. The summed E-state index contributed by atoms with van der Waals surface area (Å²) in [6, 6.07) is 3.51. The summed E-state index contributed by atoms with van der Waals surface area (Å²) >= 11 is 0. The van der Waals surface area contributed by atoms with Crippen molar-refractivity contribution >= 4 is 5.69 Å². The van der Waals surface area contributed by atoms with Crippen LogP contribution in [0, 0.1) is 19.7 Å². The number of aryl methyl sites for hydroxylation is 2. The third-order valence-electron chi connectivity index (χ3n) is 6.71. The van der Waals surface area contributed by atoms with Crippen LogP contribution in [0.3, 0.4) is 0 Å². The number of nitrogens with one attached hydrogen (secondary N) is 2. The fourth-order valence-corrected chi connectivity index (χ4v) is 5.25. The van der Waals surface area contributed by atoms with Crippen LogP contribution in [0.25, 0.3) is 11.1 Å². The Kier molecular flexibility index (Phi) is 3.21. The quantitative estimate of drug-likeness (QED) is 0.727. The van der Waals surface area contributed by atoms with Gasteiger partial charge in [0.05, 0.1) is 16.8 Å². The highest BCUT2D eigenvalue weighted by molar-refractivity contribution is 5.75. The van der Waals surface area contributed by atoms with Crippen molar-refractivity contribution in [1.82, 2.24) is 10.2 Å². The van der Waals surface area contributed by atoms with E-state index in [4.69, 9.17) is 0 Å². The van der Waals surface area contributed by atoms with Gasteiger partial charge < -0.3 is 10.4 Å². The minimum Gasteiger partial charge on any atom is -0.387 e. The van der Waals surface area contributed by atoms with E-state index in [0.717, 1.165) is 47.5 Å². The lowest BCUT2D eigenvalue weighted by Crippen LogP contribution is -2.65. The molecule has 2 unspecified atom stereocenters. The highest BCUT2D eigenvalue weighted by Gasteiger charge is 2.62. The highest BCUT2D eigenvalue weighted by atomic mass is 19.1. The zero-order valence-electron chi connectivity index (χ0n) is 15.5. The second kappa shape index (κ2) is 4.85. The van der Waals surface area contributed by atoms with Crippen molar-refractivity contribution < 1.29 is 9.50 Å². The Balaban J connectivity index is 1.99. The van der Waals surface area contributed by atoms with Crippen LogP contribution in [0.4, 0.5) is 10.1 Å². The SMILES string of the molecule is Cc1n[nH]c(C)c1-c1cc2c(cc1F)NC(C)(C)C1(O)CCCC21C. The van der Waals surface area contributed by atoms with Gasteiger partial charge in [-0.15, -0.1) is 0 Å². The van der Waals surface area contributed by atoms with Crippen LogP contribution < -0.4 is 5.32 Å². The molecule has 0 bridgehead atoms. The fourth-order valence-electron chi connectivity index (χ4n) is 5.25. The summed E-state index contributed by atoms with van der Waals surface area (Å²) in [4.78, 5) is 0. The van der Waals surface area contributed by atoms with Crippen LogP contribution in [0.5, 0.6) is 0 Å². The molecule has 1 aliphatic carbocycles. The Morgan fingerprint density at radius 2 is 1.88 bits per heavy atom. The summed E-state index contributed by atoms with van der Waals surface area (Å²) in [5.41, 5.74) is 3.03. The average molecular weight is 343 g/mol. The van der Waals surface area contributed by atoms with E-state index in [2.05, 4.69) is 22.4 Å². The Bertz CT molecular complexity index is 853. The number of aliphatic hydroxyl groups is 1. The minimum absolute atomic E-state index is 0.262. The third kappa shape index (κ3) is 1.93. The molecule has 4 nitrogen and oxygen atoms in total. The second-order valence-corrected chi connectivity index (χ2v) is 8.48. The minimum atomic E-state index is -0.859. The first-order valence-electron chi connectivity index (χ1n) is 8.97. The molecule has 5 heteroatoms. The van der Waals surface area contributed by atoms with Crippen LogP contribution in [-0.4, -0.2) is 26.4 Å². The van der Waals surface area contributed by atoms with Crippen molar-refractivity contribution in [2.45, 2.75) is 70.4 Å². The van der Waals surface area contributed by atoms with E-state index in [0.29, 0.717) is 5.56 Å². The molecule has 4 rings (SSSR count). The number of halogens is 1. The second-order valence-electron chi connectivity index (χ2n) is 8.48. The predicted molar refractivity (Wildman–Crippen MR) is 97.3 cm³/mol. The third-order valence-corrected chi connectivity index (χ3v) is 6.71. The maximum Gasteiger partial charge on any atom is 0.133 e. The molecule has 3 N–H and O–H groups in total. The zero-order valence-corrected chi connectivity index (χ0v) is 15.5. The number of aromatic amines is 1. The van der Waals surface area contributed by atoms with E-state index in [1.54, 1.807) is 6.07 Å². The molecule has 0 radical (unpaired) electrons. The summed E-state index contributed by atoms with van der Waals surface area (Å²) < 4.78 is 15.0. The van der Waals surface area contributed by atoms with Crippen molar-refractivity contribution in [1.29, 1.82) is 0 Å². The Labute approximate surface area is 147 Å². The first-order chi connectivity index (χ1) is 11.6. The van der Waals surface area contributed by atoms with Crippen molar-refractivity contribution in [2.75, 3.05) is 5.32 Å². The van der Waals surface area contributed by atoms with Gasteiger partial charge in [0, 0.05) is 27.9 Å². The van der Waals surface area contributed by atoms with E-state index in [1.807, 2.05) is 33.8 Å². The fraction of sp³-hybridized carbons (Fsp3) is 0.550. The lowest BCUT2D eigenvalue weighted by Gasteiger charge is -2.55. The van der Waals surface area contributed by atoms with Crippen LogP contribution in [-0.2, 0) is 5.41 Å². The number of nitrogens with zero attached hydrogens (tertiary/aromatic N) is 1. The summed E-state index contributed by atoms with van der Waals surface area (Å²) in [7, 11) is 0. The van der Waals surface area contributed by atoms with Gasteiger partial charge in [0.1, 0.15) is 5.82 Å². The van der Waals surface area contributed by atoms with Gasteiger partial charge in [-0.25, -0.2) is 4.39 Å². The monoisotopic (exact) mass is 343 g/mol. The lowest BCUT2D eigenvalue weighted by atomic mass is 9.60. The first kappa shape index (κ1) is 16.6. The van der Waals surface area contributed by atoms with Crippen molar-refractivity contribution in [3.8, 4) is 11.1 Å². The molecule has 134 valence electrons. The molecule has 1 aromatic carbocycles. The molecular weight excluding hydrogens is 317 g/mol. The Morgan fingerprint density at radius 3 is 2.52 bits per heavy atom. The summed E-state index contributed by atoms with van der Waals surface area (Å²) in [6.45, 7) is 9.93. The molecule has 1 fully saturated rings. The molecule has 2 heterocycles. The van der Waals surface area contributed by atoms with Gasteiger partial charge in [-0.05, 0) is 64.7 Å². The van der Waals surface area contributed by atoms with Crippen molar-refractivity contribution in [2.24, 2.45) is 0 Å². The molecule has 2 aromatic rings. The van der Waals surface area contributed by atoms with Crippen LogP contribution >= 0.6 is 0 Å². The molecule has 2 aliphatic rings. The van der Waals surface area contributed by atoms with Crippen LogP contribution in [0.15, 0.2) is 12.1 Å². The molecule has 1 saturated carbocycles. The number of rotatable bonds is 1. The Hall–Kier alpha value is -1.88. The van der Waals surface area contributed by atoms with E-state index in [1.165, 1.54) is 0 Å². The van der Waals surface area contributed by atoms with Gasteiger partial charge >= 0.3 is 0 Å². The maximum atomic E-state index is 15.0. The van der Waals surface area contributed by atoms with E-state index >= 15 is 0 Å². The van der Waals surface area contributed by atoms with Gasteiger partial charge in [-0.3, -0.25) is 5.10 Å². The Morgan fingerprint density at radius 1 is 1.16 bits per heavy atom. The summed E-state index contributed by atoms with van der Waals surface area (Å²) in [6.07, 6.45) is 2.61. The van der Waals surface area contributed by atoms with Gasteiger partial charge in [-0.1, -0.05) is 6.92 Å². The number of benzene rings is 1. The standard InChI is InChI=1S/C20H26FN3O/c1-11-17(12(2)24-23-11)13-9-14-16(10-15(13)21)22-18(3,4)20(25)8-6-7-19(14,20)5/h9-10,22,25H,6-8H2,1-5H3,(H,23,24). The van der Waals surface area contributed by atoms with Gasteiger partial charge in [-0.2, -0.15) is 5.10 Å². The molecule has 0 saturated heterocycles. The van der Waals surface area contributed by atoms with Crippen molar-refractivity contribution in [3.63, 3.8) is 0 Å². The van der Waals surface area contributed by atoms with E-state index in [-0.39, 0.29) is 5.82 Å². The first-order valence-corrected chi connectivity index (χ1v) is 8.97. The predicted octanol–water partition coefficient (Wildman–Crippen LogP) is 4.21. The zero-order chi connectivity index (χ0) is 18.2. The summed E-state index contributed by atoms with van der Waals surface area (Å²) in [5, 5.41) is 22.1. The van der Waals surface area contributed by atoms with E-state index < -0.39 is 16.6 Å².